The smallest absolute Gasteiger partial charge is 0.493 e. The van der Waals surface area contributed by atoms with Crippen molar-refractivity contribution in [2.24, 2.45) is 5.41 Å². The maximum absolute atomic E-state index is 14.4. The summed E-state index contributed by atoms with van der Waals surface area (Å²) in [6, 6.07) is 15.8. The highest BCUT2D eigenvalue weighted by Crippen LogP contribution is 2.50. The van der Waals surface area contributed by atoms with Gasteiger partial charge in [0.2, 0.25) is 29.5 Å². The molecule has 2 fully saturated rings. The second kappa shape index (κ2) is 30.4. The molecule has 5 atom stereocenters. The Kier molecular flexibility index (Phi) is 22.7. The fourth-order valence-corrected chi connectivity index (χ4v) is 13.0. The van der Waals surface area contributed by atoms with E-state index in [-0.39, 0.29) is 111 Å². The van der Waals surface area contributed by atoms with E-state index in [0.717, 1.165) is 10.5 Å². The Morgan fingerprint density at radius 3 is 2.23 bits per heavy atom. The lowest BCUT2D eigenvalue weighted by atomic mass is 9.67. The molecule has 4 aromatic carbocycles. The molecule has 0 bridgehead atoms. The molecule has 26 nitrogen and oxygen atoms in total. The van der Waals surface area contributed by atoms with Gasteiger partial charge in [0.1, 0.15) is 35.6 Å². The minimum absolute atomic E-state index is 0.0112. The molecule has 4 aliphatic heterocycles. The average molecular weight is 1330 g/mol. The average Bonchev–Trinajstić information content (AvgIpc) is 1.67. The minimum Gasteiger partial charge on any atom is -0.493 e. The standard InChI is InChI=1S/C65H82ClN8O18P/c1-64(2,3)91-62(83)68-30-11-8-18-46(70-61(82)65(27-15-28-65)60(81)67-29-10-5-12-31-72-54(76)25-26-55(72)77)57(78)69-42-23-21-40(22-24-42)39-90-63(84)74-48-35-52(51(88-4)34-45(48)58(79)71-32-14-19-47(71)59(74)80)89-33-13-9-20-53(75)73-38-41(37-66)56-44-17-7-6-16-43(44)50(36-49(56)73)92-93(85,86)87/h6-7,16-17,21-26,34-36,41,46-47,54,59,76,80H,5,8-15,18-20,27-33,37-39H2,1-4H3,(H,67,81)(H,68,83)(H,69,78)(H,70,82)(H2,85,86,87)/t41-,46+,47+,54?,59?/m1/s1. The Bertz CT molecular complexity index is 3520. The first-order chi connectivity index (χ1) is 44.4. The van der Waals surface area contributed by atoms with Crippen LogP contribution >= 0.6 is 19.4 Å². The summed E-state index contributed by atoms with van der Waals surface area (Å²) in [5.41, 5.74) is 0.0234. The molecule has 4 heterocycles. The number of aliphatic hydroxyl groups is 2. The molecule has 8 N–H and O–H groups in total. The van der Waals surface area contributed by atoms with Crippen LogP contribution in [0, 0.1) is 5.41 Å². The van der Waals surface area contributed by atoms with Crippen molar-refractivity contribution in [3.63, 3.8) is 0 Å². The molecule has 1 aliphatic carbocycles. The van der Waals surface area contributed by atoms with Gasteiger partial charge in [-0.3, -0.25) is 38.6 Å². The monoisotopic (exact) mass is 1330 g/mol. The van der Waals surface area contributed by atoms with Crippen LogP contribution in [0.3, 0.4) is 0 Å². The number of benzene rings is 4. The van der Waals surface area contributed by atoms with Crippen molar-refractivity contribution in [2.45, 2.75) is 153 Å². The summed E-state index contributed by atoms with van der Waals surface area (Å²) in [5, 5.41) is 34.4. The summed E-state index contributed by atoms with van der Waals surface area (Å²) < 4.78 is 40.1. The molecule has 5 aliphatic rings. The number of alkyl halides is 1. The van der Waals surface area contributed by atoms with E-state index in [9.17, 15) is 62.9 Å². The van der Waals surface area contributed by atoms with E-state index in [4.69, 9.17) is 35.1 Å². The highest BCUT2D eigenvalue weighted by molar-refractivity contribution is 7.46. The topological polar surface area (TPSA) is 342 Å². The number of unbranched alkanes of at least 4 members (excludes halogenated alkanes) is 4. The van der Waals surface area contributed by atoms with Gasteiger partial charge in [0.25, 0.3) is 5.91 Å². The summed E-state index contributed by atoms with van der Waals surface area (Å²) in [6.07, 6.45) is 4.45. The lowest BCUT2D eigenvalue weighted by molar-refractivity contribution is -0.151. The first-order valence-electron chi connectivity index (χ1n) is 31.5. The zero-order valence-corrected chi connectivity index (χ0v) is 54.2. The van der Waals surface area contributed by atoms with E-state index < -0.39 is 79.2 Å². The second-order valence-corrected chi connectivity index (χ2v) is 26.3. The van der Waals surface area contributed by atoms with Crippen molar-refractivity contribution >= 4 is 94.9 Å². The van der Waals surface area contributed by atoms with Crippen LogP contribution in [-0.2, 0) is 44.6 Å². The van der Waals surface area contributed by atoms with Crippen molar-refractivity contribution in [1.82, 2.24) is 25.8 Å². The predicted molar refractivity (Wildman–Crippen MR) is 343 cm³/mol. The number of anilines is 3. The third kappa shape index (κ3) is 16.7. The molecule has 93 heavy (non-hydrogen) atoms. The van der Waals surface area contributed by atoms with Gasteiger partial charge in [0, 0.05) is 80.2 Å². The molecule has 1 saturated carbocycles. The number of hydrogen-bond donors (Lipinski definition) is 8. The number of carbonyl (C=O) groups is 8. The normalized spacial score (nSPS) is 19.2. The Balaban J connectivity index is 0.820. The molecule has 8 amide bonds. The zero-order valence-electron chi connectivity index (χ0n) is 52.6. The molecule has 1 saturated heterocycles. The first-order valence-corrected chi connectivity index (χ1v) is 33.6. The summed E-state index contributed by atoms with van der Waals surface area (Å²) in [5.74, 6) is -2.37. The molecule has 9 rings (SSSR count). The number of alkyl carbamates (subject to hydrolysis) is 1. The van der Waals surface area contributed by atoms with E-state index in [2.05, 4.69) is 21.3 Å². The number of amides is 8. The Morgan fingerprint density at radius 2 is 1.55 bits per heavy atom. The third-order valence-corrected chi connectivity index (χ3v) is 18.1. The Morgan fingerprint density at radius 1 is 0.828 bits per heavy atom. The molecule has 502 valence electrons. The van der Waals surface area contributed by atoms with Crippen molar-refractivity contribution < 1.29 is 86.4 Å². The van der Waals surface area contributed by atoms with Crippen LogP contribution in [0.1, 0.15) is 138 Å². The minimum atomic E-state index is -4.96. The fraction of sp³-hybridized carbons (Fsp3) is 0.508. The highest BCUT2D eigenvalue weighted by atomic mass is 35.5. The number of fused-ring (bicyclic) bond motifs is 5. The van der Waals surface area contributed by atoms with E-state index in [1.54, 1.807) is 74.2 Å². The highest BCUT2D eigenvalue weighted by Gasteiger charge is 2.52. The molecule has 4 aromatic rings. The number of aliphatic hydroxyl groups excluding tert-OH is 2. The van der Waals surface area contributed by atoms with Gasteiger partial charge in [-0.1, -0.05) is 42.8 Å². The van der Waals surface area contributed by atoms with Crippen LogP contribution in [0.15, 0.2) is 78.9 Å². The van der Waals surface area contributed by atoms with Crippen LogP contribution in [0.2, 0.25) is 0 Å². The molecule has 2 unspecified atom stereocenters. The van der Waals surface area contributed by atoms with E-state index in [1.807, 2.05) is 0 Å². The molecule has 28 heteroatoms. The zero-order chi connectivity index (χ0) is 66.8. The summed E-state index contributed by atoms with van der Waals surface area (Å²) in [4.78, 5) is 134. The SMILES string of the molecule is COc1cc2c(cc1OCCCCC(=O)N1C[C@@H](CCl)c3c1cc(OP(=O)(O)O)c1ccccc31)N(C(=O)OCc1ccc(NC(=O)[C@H](CCCCNC(=O)OC(C)(C)C)NC(=O)C3(C(=O)NCCCCCN4C(=O)C=CC4O)CCC3)cc1)C(O)[C@@H]1CCCN1C2=O. The Labute approximate surface area is 543 Å². The number of halogens is 1. The molecular weight excluding hydrogens is 1250 g/mol. The van der Waals surface area contributed by atoms with Gasteiger partial charge in [-0.05, 0) is 139 Å². The second-order valence-electron chi connectivity index (χ2n) is 24.9. The van der Waals surface area contributed by atoms with Crippen LogP contribution < -0.4 is 45.1 Å². The van der Waals surface area contributed by atoms with Gasteiger partial charge < -0.3 is 69.7 Å². The van der Waals surface area contributed by atoms with Gasteiger partial charge >= 0.3 is 20.0 Å². The first kappa shape index (κ1) is 69.3. The summed E-state index contributed by atoms with van der Waals surface area (Å²) in [6.45, 7) is 6.45. The number of phosphoric acid groups is 1. The van der Waals surface area contributed by atoms with Gasteiger partial charge in [0.15, 0.2) is 17.7 Å². The maximum atomic E-state index is 14.4. The Hall–Kier alpha value is -8.00. The lowest BCUT2D eigenvalue weighted by Crippen LogP contribution is -2.58. The van der Waals surface area contributed by atoms with E-state index in [0.29, 0.717) is 105 Å². The van der Waals surface area contributed by atoms with Gasteiger partial charge in [-0.2, -0.15) is 0 Å². The van der Waals surface area contributed by atoms with Gasteiger partial charge in [0.05, 0.1) is 36.7 Å². The quantitative estimate of drug-likeness (QED) is 0.0117. The summed E-state index contributed by atoms with van der Waals surface area (Å²) >= 11 is 6.42. The number of methoxy groups -OCH3 is 1. The number of hydrogen-bond acceptors (Lipinski definition) is 16. The lowest BCUT2D eigenvalue weighted by Gasteiger charge is -2.39. The number of ether oxygens (including phenoxy) is 4. The fourth-order valence-electron chi connectivity index (χ4n) is 12.4. The van der Waals surface area contributed by atoms with Crippen molar-refractivity contribution in [1.29, 1.82) is 0 Å². The molecule has 0 aromatic heterocycles. The number of phosphoric ester groups is 1. The number of carbonyl (C=O) groups excluding carboxylic acids is 8. The van der Waals surface area contributed by atoms with E-state index >= 15 is 0 Å². The van der Waals surface area contributed by atoms with Crippen LogP contribution in [0.4, 0.5) is 26.7 Å². The van der Waals surface area contributed by atoms with Crippen LogP contribution in [0.5, 0.6) is 17.2 Å². The van der Waals surface area contributed by atoms with Crippen molar-refractivity contribution in [3.05, 3.63) is 95.6 Å². The summed E-state index contributed by atoms with van der Waals surface area (Å²) in [7, 11) is -3.56. The van der Waals surface area contributed by atoms with Crippen molar-refractivity contribution in [3.8, 4) is 17.2 Å². The van der Waals surface area contributed by atoms with Gasteiger partial charge in [-0.15, -0.1) is 11.6 Å². The third-order valence-electron chi connectivity index (χ3n) is 17.3. The van der Waals surface area contributed by atoms with Crippen LogP contribution in [0.25, 0.3) is 10.8 Å². The molecule has 0 radical (unpaired) electrons. The van der Waals surface area contributed by atoms with Crippen LogP contribution in [-0.4, -0.2) is 160 Å². The van der Waals surface area contributed by atoms with Crippen molar-refractivity contribution in [2.75, 3.05) is 67.4 Å². The van der Waals surface area contributed by atoms with E-state index in [1.165, 1.54) is 47.3 Å². The predicted octanol–water partition coefficient (Wildman–Crippen LogP) is 7.61. The maximum Gasteiger partial charge on any atom is 0.524 e. The number of nitrogens with one attached hydrogen (secondary N) is 4. The number of nitrogens with zero attached hydrogens (tertiary/aromatic N) is 4. The molecule has 0 spiro atoms. The largest absolute Gasteiger partial charge is 0.524 e. The number of rotatable bonds is 28. The molecular formula is C65H82ClN8O18P. The van der Waals surface area contributed by atoms with Gasteiger partial charge in [-0.25, -0.2) is 19.1 Å².